The van der Waals surface area contributed by atoms with Gasteiger partial charge in [-0.3, -0.25) is 4.79 Å². The number of aliphatic carboxylic acids is 1. The molecule has 7 heteroatoms. The number of carboxylic acid groups (broad SMARTS) is 1. The van der Waals surface area contributed by atoms with Gasteiger partial charge in [-0.25, -0.2) is 4.39 Å². The van der Waals surface area contributed by atoms with Gasteiger partial charge < -0.3 is 19.5 Å². The van der Waals surface area contributed by atoms with Crippen molar-refractivity contribution in [1.82, 2.24) is 4.90 Å². The number of likely N-dealkylation sites (tertiary alicyclic amines) is 1. The quantitative estimate of drug-likeness (QED) is 0.578. The molecule has 2 aromatic carbocycles. The molecule has 1 atom stereocenters. The molecule has 4 rings (SSSR count). The van der Waals surface area contributed by atoms with Crippen LogP contribution >= 0.6 is 12.4 Å². The minimum absolute atomic E-state index is 0. The molecule has 0 aliphatic carbocycles. The van der Waals surface area contributed by atoms with Gasteiger partial charge in [0.2, 0.25) is 0 Å². The minimum Gasteiger partial charge on any atom is -0.492 e. The van der Waals surface area contributed by atoms with E-state index in [0.717, 1.165) is 37.2 Å². The van der Waals surface area contributed by atoms with Crippen LogP contribution in [-0.4, -0.2) is 42.2 Å². The molecule has 2 heterocycles. The molecule has 0 saturated carbocycles. The van der Waals surface area contributed by atoms with E-state index in [1.807, 2.05) is 18.2 Å². The highest BCUT2D eigenvalue weighted by molar-refractivity contribution is 5.85. The number of benzene rings is 2. The summed E-state index contributed by atoms with van der Waals surface area (Å²) in [5.41, 5.74) is 2.74. The SMILES string of the molecule is CC(CN1CCC2(CC1)COc1cc(OCc3c(F)cccc3C(C)C)ccc12)C(=O)O.Cl. The summed E-state index contributed by atoms with van der Waals surface area (Å²) >= 11 is 0. The van der Waals surface area contributed by atoms with E-state index in [1.165, 1.54) is 11.6 Å². The van der Waals surface area contributed by atoms with Crippen LogP contribution in [-0.2, 0) is 16.8 Å². The number of carboxylic acids is 1. The van der Waals surface area contributed by atoms with Crippen LogP contribution in [0.5, 0.6) is 11.5 Å². The predicted molar refractivity (Wildman–Crippen MR) is 128 cm³/mol. The Bertz CT molecular complexity index is 988. The van der Waals surface area contributed by atoms with Crippen LogP contribution in [0.1, 0.15) is 56.2 Å². The Morgan fingerprint density at radius 2 is 1.94 bits per heavy atom. The molecule has 5 nitrogen and oxygen atoms in total. The lowest BCUT2D eigenvalue weighted by molar-refractivity contribution is -0.141. The maximum atomic E-state index is 14.4. The van der Waals surface area contributed by atoms with Crippen LogP contribution in [0, 0.1) is 11.7 Å². The van der Waals surface area contributed by atoms with E-state index in [2.05, 4.69) is 24.8 Å². The molecule has 0 amide bonds. The normalized spacial score (nSPS) is 17.8. The van der Waals surface area contributed by atoms with E-state index in [9.17, 15) is 9.18 Å². The molecular weight excluding hydrogens is 445 g/mol. The summed E-state index contributed by atoms with van der Waals surface area (Å²) in [4.78, 5) is 13.4. The number of carbonyl (C=O) groups is 1. The highest BCUT2D eigenvalue weighted by atomic mass is 35.5. The molecule has 2 aliphatic heterocycles. The molecule has 1 fully saturated rings. The van der Waals surface area contributed by atoms with Gasteiger partial charge in [-0.05, 0) is 49.5 Å². The minimum atomic E-state index is -0.747. The first-order valence-corrected chi connectivity index (χ1v) is 11.4. The fourth-order valence-electron chi connectivity index (χ4n) is 4.91. The Morgan fingerprint density at radius 3 is 2.61 bits per heavy atom. The fourth-order valence-corrected chi connectivity index (χ4v) is 4.91. The molecule has 180 valence electrons. The van der Waals surface area contributed by atoms with E-state index >= 15 is 0 Å². The van der Waals surface area contributed by atoms with E-state index < -0.39 is 5.97 Å². The molecule has 1 saturated heterocycles. The summed E-state index contributed by atoms with van der Waals surface area (Å²) < 4.78 is 26.4. The summed E-state index contributed by atoms with van der Waals surface area (Å²) in [7, 11) is 0. The monoisotopic (exact) mass is 477 g/mol. The maximum absolute atomic E-state index is 14.4. The molecular formula is C26H33ClFNO4. The van der Waals surface area contributed by atoms with Crippen molar-refractivity contribution < 1.29 is 23.8 Å². The van der Waals surface area contributed by atoms with Crippen LogP contribution in [0.25, 0.3) is 0 Å². The van der Waals surface area contributed by atoms with Crippen molar-refractivity contribution in [2.75, 3.05) is 26.2 Å². The highest BCUT2D eigenvalue weighted by Gasteiger charge is 2.43. The van der Waals surface area contributed by atoms with Gasteiger partial charge in [0.15, 0.2) is 0 Å². The van der Waals surface area contributed by atoms with Crippen LogP contribution in [0.2, 0.25) is 0 Å². The number of rotatable bonds is 7. The first-order chi connectivity index (χ1) is 15.3. The van der Waals surface area contributed by atoms with Crippen LogP contribution < -0.4 is 9.47 Å². The van der Waals surface area contributed by atoms with E-state index in [1.54, 1.807) is 13.0 Å². The van der Waals surface area contributed by atoms with Crippen LogP contribution in [0.15, 0.2) is 36.4 Å². The number of hydrogen-bond acceptors (Lipinski definition) is 4. The van der Waals surface area contributed by atoms with Gasteiger partial charge in [-0.15, -0.1) is 12.4 Å². The Kier molecular flexibility index (Phi) is 7.91. The van der Waals surface area contributed by atoms with Crippen molar-refractivity contribution in [3.63, 3.8) is 0 Å². The van der Waals surface area contributed by atoms with E-state index in [4.69, 9.17) is 14.6 Å². The molecule has 0 radical (unpaired) electrons. The molecule has 1 unspecified atom stereocenters. The first kappa shape index (κ1) is 25.3. The Morgan fingerprint density at radius 1 is 1.21 bits per heavy atom. The maximum Gasteiger partial charge on any atom is 0.307 e. The summed E-state index contributed by atoms with van der Waals surface area (Å²) in [5.74, 6) is 0.386. The van der Waals surface area contributed by atoms with E-state index in [0.29, 0.717) is 24.5 Å². The van der Waals surface area contributed by atoms with Crippen molar-refractivity contribution >= 4 is 18.4 Å². The first-order valence-electron chi connectivity index (χ1n) is 11.4. The molecule has 0 aromatic heterocycles. The van der Waals surface area contributed by atoms with Gasteiger partial charge in [-0.1, -0.05) is 39.0 Å². The summed E-state index contributed by atoms with van der Waals surface area (Å²) in [6, 6.07) is 11.1. The van der Waals surface area contributed by atoms with Gasteiger partial charge in [0.1, 0.15) is 23.9 Å². The Labute approximate surface area is 201 Å². The van der Waals surface area contributed by atoms with Gasteiger partial charge in [0.25, 0.3) is 0 Å². The van der Waals surface area contributed by atoms with Gasteiger partial charge in [0, 0.05) is 29.2 Å². The number of fused-ring (bicyclic) bond motifs is 2. The molecule has 33 heavy (non-hydrogen) atoms. The lowest BCUT2D eigenvalue weighted by Gasteiger charge is -2.39. The van der Waals surface area contributed by atoms with Gasteiger partial charge in [0.05, 0.1) is 12.5 Å². The Hall–Kier alpha value is -2.31. The number of hydrogen-bond donors (Lipinski definition) is 1. The van der Waals surface area contributed by atoms with Gasteiger partial charge >= 0.3 is 5.97 Å². The second kappa shape index (κ2) is 10.3. The number of halogens is 2. The average molecular weight is 478 g/mol. The third-order valence-electron chi connectivity index (χ3n) is 6.96. The molecule has 1 spiro atoms. The van der Waals surface area contributed by atoms with Crippen molar-refractivity contribution in [2.24, 2.45) is 5.92 Å². The zero-order valence-corrected chi connectivity index (χ0v) is 20.3. The summed E-state index contributed by atoms with van der Waals surface area (Å²) in [5, 5.41) is 9.17. The Balaban J connectivity index is 0.00000306. The van der Waals surface area contributed by atoms with Gasteiger partial charge in [-0.2, -0.15) is 0 Å². The molecule has 0 bridgehead atoms. The summed E-state index contributed by atoms with van der Waals surface area (Å²) in [6.07, 6.45) is 1.89. The number of ether oxygens (including phenoxy) is 2. The number of piperidine rings is 1. The lowest BCUT2D eigenvalue weighted by Crippen LogP contribution is -2.45. The molecule has 2 aromatic rings. The largest absolute Gasteiger partial charge is 0.492 e. The third-order valence-corrected chi connectivity index (χ3v) is 6.96. The smallest absolute Gasteiger partial charge is 0.307 e. The fraction of sp³-hybridized carbons (Fsp3) is 0.500. The zero-order valence-electron chi connectivity index (χ0n) is 19.5. The van der Waals surface area contributed by atoms with E-state index in [-0.39, 0.29) is 42.1 Å². The van der Waals surface area contributed by atoms with Crippen molar-refractivity contribution in [2.45, 2.75) is 51.6 Å². The van der Waals surface area contributed by atoms with Crippen LogP contribution in [0.3, 0.4) is 0 Å². The second-order valence-corrected chi connectivity index (χ2v) is 9.52. The van der Waals surface area contributed by atoms with Crippen molar-refractivity contribution in [1.29, 1.82) is 0 Å². The molecule has 2 aliphatic rings. The van der Waals surface area contributed by atoms with Crippen LogP contribution in [0.4, 0.5) is 4.39 Å². The predicted octanol–water partition coefficient (Wildman–Crippen LogP) is 5.40. The second-order valence-electron chi connectivity index (χ2n) is 9.52. The number of nitrogens with zero attached hydrogens (tertiary/aromatic N) is 1. The third kappa shape index (κ3) is 5.28. The highest BCUT2D eigenvalue weighted by Crippen LogP contribution is 2.46. The molecule has 1 N–H and O–H groups in total. The topological polar surface area (TPSA) is 59.0 Å². The average Bonchev–Trinajstić information content (AvgIpc) is 3.11. The lowest BCUT2D eigenvalue weighted by atomic mass is 9.74. The van der Waals surface area contributed by atoms with Crippen molar-refractivity contribution in [3.05, 3.63) is 58.9 Å². The van der Waals surface area contributed by atoms with Crippen molar-refractivity contribution in [3.8, 4) is 11.5 Å². The zero-order chi connectivity index (χ0) is 22.9. The summed E-state index contributed by atoms with van der Waals surface area (Å²) in [6.45, 7) is 8.99. The standard InChI is InChI=1S/C26H32FNO4.ClH/c1-17(2)20-5-4-6-23(27)21(20)15-31-19-7-8-22-24(13-19)32-16-26(22)9-11-28(12-10-26)14-18(3)25(29)30;/h4-8,13,17-18H,9-12,14-16H2,1-3H3,(H,29,30);1H.